The van der Waals surface area contributed by atoms with Crippen LogP contribution in [0.4, 0.5) is 0 Å². The topological polar surface area (TPSA) is 62.3 Å². The first-order valence-corrected chi connectivity index (χ1v) is 8.68. The number of hydrogen-bond acceptors (Lipinski definition) is 4. The number of carbonyl (C=O) groups excluding carboxylic acids is 2. The van der Waals surface area contributed by atoms with E-state index < -0.39 is 0 Å². The fourth-order valence-corrected chi connectivity index (χ4v) is 3.51. The first-order chi connectivity index (χ1) is 10.3. The summed E-state index contributed by atoms with van der Waals surface area (Å²) < 4.78 is 0. The average molecular weight is 323 g/mol. The summed E-state index contributed by atoms with van der Waals surface area (Å²) in [6, 6.07) is 0. The van der Waals surface area contributed by atoms with Crippen molar-refractivity contribution < 1.29 is 9.59 Å². The summed E-state index contributed by atoms with van der Waals surface area (Å²) in [7, 11) is 0. The molecule has 5 nitrogen and oxygen atoms in total. The van der Waals surface area contributed by atoms with Crippen molar-refractivity contribution in [3.63, 3.8) is 0 Å². The van der Waals surface area contributed by atoms with Gasteiger partial charge in [-0.1, -0.05) is 20.8 Å². The molecule has 1 aromatic heterocycles. The SMILES string of the molecule is CCNC(=O)[C@H]1CCCN(C(=O)c2cnc(C(C)(C)C)s2)C1. The number of hydrogen-bond donors (Lipinski definition) is 1. The number of aromatic nitrogens is 1. The van der Waals surface area contributed by atoms with Crippen LogP contribution in [0.3, 0.4) is 0 Å². The number of likely N-dealkylation sites (tertiary alicyclic amines) is 1. The second kappa shape index (κ2) is 6.77. The zero-order chi connectivity index (χ0) is 16.3. The Kier molecular flexibility index (Phi) is 5.21. The van der Waals surface area contributed by atoms with E-state index in [0.29, 0.717) is 18.0 Å². The van der Waals surface area contributed by atoms with Crippen LogP contribution < -0.4 is 5.32 Å². The van der Waals surface area contributed by atoms with Crippen molar-refractivity contribution in [3.05, 3.63) is 16.1 Å². The molecule has 1 fully saturated rings. The molecule has 1 N–H and O–H groups in total. The lowest BCUT2D eigenvalue weighted by atomic mass is 9.97. The quantitative estimate of drug-likeness (QED) is 0.929. The molecule has 2 heterocycles. The molecule has 0 unspecified atom stereocenters. The molecule has 22 heavy (non-hydrogen) atoms. The van der Waals surface area contributed by atoms with Gasteiger partial charge in [-0.25, -0.2) is 4.98 Å². The highest BCUT2D eigenvalue weighted by atomic mass is 32.1. The highest BCUT2D eigenvalue weighted by Crippen LogP contribution is 2.28. The lowest BCUT2D eigenvalue weighted by Gasteiger charge is -2.31. The molecule has 2 rings (SSSR count). The van der Waals surface area contributed by atoms with Crippen LogP contribution in [0.1, 0.15) is 55.2 Å². The minimum atomic E-state index is -0.0901. The van der Waals surface area contributed by atoms with Crippen molar-refractivity contribution in [2.45, 2.75) is 46.0 Å². The summed E-state index contributed by atoms with van der Waals surface area (Å²) in [5.41, 5.74) is -0.0470. The van der Waals surface area contributed by atoms with E-state index in [1.807, 2.05) is 6.92 Å². The standard InChI is InChI=1S/C16H25N3O2S/c1-5-17-13(20)11-7-6-8-19(10-11)14(21)12-9-18-15(22-12)16(2,3)4/h9,11H,5-8,10H2,1-4H3,(H,17,20)/t11-/m0/s1. The van der Waals surface area contributed by atoms with Crippen LogP contribution in [-0.4, -0.2) is 41.3 Å². The Hall–Kier alpha value is -1.43. The summed E-state index contributed by atoms with van der Waals surface area (Å²) in [6.45, 7) is 10.0. The maximum absolute atomic E-state index is 12.6. The van der Waals surface area contributed by atoms with Gasteiger partial charge < -0.3 is 10.2 Å². The molecule has 2 amide bonds. The van der Waals surface area contributed by atoms with Crippen LogP contribution >= 0.6 is 11.3 Å². The van der Waals surface area contributed by atoms with Crippen molar-refractivity contribution in [1.82, 2.24) is 15.2 Å². The molecule has 0 radical (unpaired) electrons. The van der Waals surface area contributed by atoms with E-state index in [-0.39, 0.29) is 23.1 Å². The molecule has 1 aromatic rings. The van der Waals surface area contributed by atoms with Crippen molar-refractivity contribution >= 4 is 23.2 Å². The van der Waals surface area contributed by atoms with Gasteiger partial charge in [0, 0.05) is 25.0 Å². The number of rotatable bonds is 3. The predicted molar refractivity (Wildman–Crippen MR) is 88.1 cm³/mol. The molecular weight excluding hydrogens is 298 g/mol. The van der Waals surface area contributed by atoms with Crippen LogP contribution in [-0.2, 0) is 10.2 Å². The van der Waals surface area contributed by atoms with E-state index in [1.165, 1.54) is 11.3 Å². The fourth-order valence-electron chi connectivity index (χ4n) is 2.57. The number of thiazole rings is 1. The smallest absolute Gasteiger partial charge is 0.265 e. The van der Waals surface area contributed by atoms with E-state index in [0.717, 1.165) is 24.4 Å². The van der Waals surface area contributed by atoms with Gasteiger partial charge in [0.15, 0.2) is 0 Å². The van der Waals surface area contributed by atoms with Gasteiger partial charge >= 0.3 is 0 Å². The maximum Gasteiger partial charge on any atom is 0.265 e. The minimum absolute atomic E-state index is 0.00185. The average Bonchev–Trinajstić information content (AvgIpc) is 2.97. The third-order valence-corrected chi connectivity index (χ3v) is 5.20. The molecule has 0 bridgehead atoms. The first kappa shape index (κ1) is 16.9. The Morgan fingerprint density at radius 1 is 1.45 bits per heavy atom. The van der Waals surface area contributed by atoms with Crippen LogP contribution in [0.2, 0.25) is 0 Å². The van der Waals surface area contributed by atoms with Crippen molar-refractivity contribution in [1.29, 1.82) is 0 Å². The van der Waals surface area contributed by atoms with Gasteiger partial charge in [0.2, 0.25) is 5.91 Å². The number of nitrogens with one attached hydrogen (secondary N) is 1. The lowest BCUT2D eigenvalue weighted by molar-refractivity contribution is -0.126. The molecule has 122 valence electrons. The molecule has 1 aliphatic rings. The van der Waals surface area contributed by atoms with Gasteiger partial charge in [-0.15, -0.1) is 11.3 Å². The van der Waals surface area contributed by atoms with E-state index in [1.54, 1.807) is 11.1 Å². The second-order valence-corrected chi connectivity index (χ2v) is 7.80. The summed E-state index contributed by atoms with van der Waals surface area (Å²) >= 11 is 1.46. The Morgan fingerprint density at radius 2 is 2.18 bits per heavy atom. The number of piperidine rings is 1. The Morgan fingerprint density at radius 3 is 2.77 bits per heavy atom. The van der Waals surface area contributed by atoms with Crippen LogP contribution in [0.15, 0.2) is 6.20 Å². The summed E-state index contributed by atoms with van der Waals surface area (Å²) in [5, 5.41) is 3.82. The van der Waals surface area contributed by atoms with Crippen molar-refractivity contribution in [2.24, 2.45) is 5.92 Å². The largest absolute Gasteiger partial charge is 0.356 e. The first-order valence-electron chi connectivity index (χ1n) is 7.86. The van der Waals surface area contributed by atoms with Gasteiger partial charge in [-0.3, -0.25) is 9.59 Å². The van der Waals surface area contributed by atoms with E-state index in [2.05, 4.69) is 31.1 Å². The van der Waals surface area contributed by atoms with Crippen LogP contribution in [0.5, 0.6) is 0 Å². The predicted octanol–water partition coefficient (Wildman–Crippen LogP) is 2.43. The number of carbonyl (C=O) groups is 2. The minimum Gasteiger partial charge on any atom is -0.356 e. The third kappa shape index (κ3) is 3.85. The molecular formula is C16H25N3O2S. The summed E-state index contributed by atoms with van der Waals surface area (Å²) in [5.74, 6) is -0.0330. The van der Waals surface area contributed by atoms with Crippen LogP contribution in [0.25, 0.3) is 0 Å². The van der Waals surface area contributed by atoms with E-state index >= 15 is 0 Å². The lowest BCUT2D eigenvalue weighted by Crippen LogP contribution is -2.45. The molecule has 1 aliphatic heterocycles. The highest BCUT2D eigenvalue weighted by molar-refractivity contribution is 7.13. The summed E-state index contributed by atoms with van der Waals surface area (Å²) in [6.07, 6.45) is 3.40. The molecule has 1 saturated heterocycles. The number of nitrogens with zero attached hydrogens (tertiary/aromatic N) is 2. The fraction of sp³-hybridized carbons (Fsp3) is 0.688. The zero-order valence-electron chi connectivity index (χ0n) is 13.8. The monoisotopic (exact) mass is 323 g/mol. The molecule has 0 spiro atoms. The van der Waals surface area contributed by atoms with Gasteiger partial charge in [0.25, 0.3) is 5.91 Å². The van der Waals surface area contributed by atoms with E-state index in [9.17, 15) is 9.59 Å². The second-order valence-electron chi connectivity index (χ2n) is 6.76. The van der Waals surface area contributed by atoms with Gasteiger partial charge in [-0.05, 0) is 19.8 Å². The molecule has 0 aromatic carbocycles. The van der Waals surface area contributed by atoms with Crippen molar-refractivity contribution in [2.75, 3.05) is 19.6 Å². The van der Waals surface area contributed by atoms with Crippen molar-refractivity contribution in [3.8, 4) is 0 Å². The zero-order valence-corrected chi connectivity index (χ0v) is 14.6. The Labute approximate surface area is 136 Å². The number of amides is 2. The van der Waals surface area contributed by atoms with Gasteiger partial charge in [0.05, 0.1) is 17.1 Å². The Bertz CT molecular complexity index is 548. The molecule has 0 saturated carbocycles. The molecule has 1 atom stereocenters. The summed E-state index contributed by atoms with van der Waals surface area (Å²) in [4.78, 5) is 31.5. The maximum atomic E-state index is 12.6. The molecule has 0 aliphatic carbocycles. The third-order valence-electron chi connectivity index (χ3n) is 3.79. The molecule has 6 heteroatoms. The van der Waals surface area contributed by atoms with Gasteiger partial charge in [-0.2, -0.15) is 0 Å². The van der Waals surface area contributed by atoms with Gasteiger partial charge in [0.1, 0.15) is 4.88 Å². The van der Waals surface area contributed by atoms with E-state index in [4.69, 9.17) is 0 Å². The highest BCUT2D eigenvalue weighted by Gasteiger charge is 2.30. The Balaban J connectivity index is 2.06. The van der Waals surface area contributed by atoms with Crippen LogP contribution in [0, 0.1) is 5.92 Å². The normalized spacial score (nSPS) is 19.1.